The van der Waals surface area contributed by atoms with E-state index in [4.69, 9.17) is 8.83 Å². The molecule has 0 atom stereocenters. The Morgan fingerprint density at radius 1 is 0.234 bits per heavy atom. The average molecular weight is 1230 g/mol. The first-order chi connectivity index (χ1) is 46.6. The van der Waals surface area contributed by atoms with Crippen molar-refractivity contribution < 1.29 is 8.83 Å². The highest BCUT2D eigenvalue weighted by Gasteiger charge is 2.30. The van der Waals surface area contributed by atoms with Gasteiger partial charge in [0.2, 0.25) is 0 Å². The topological polar surface area (TPSA) is 32.8 Å². The Labute approximate surface area is 547 Å². The van der Waals surface area contributed by atoms with Gasteiger partial charge >= 0.3 is 0 Å². The monoisotopic (exact) mass is 1230 g/mol. The van der Waals surface area contributed by atoms with E-state index in [0.717, 1.165) is 117 Å². The van der Waals surface area contributed by atoms with E-state index in [9.17, 15) is 0 Å². The number of nitrogens with zero attached hydrogens (tertiary/aromatic N) is 2. The Bertz CT molecular complexity index is 6410. The van der Waals surface area contributed by atoms with E-state index < -0.39 is 0 Å². The van der Waals surface area contributed by atoms with Crippen molar-refractivity contribution >= 4 is 184 Å². The summed E-state index contributed by atoms with van der Waals surface area (Å²) < 4.78 is 19.1. The first-order valence-corrected chi connectivity index (χ1v) is 33.6. The zero-order valence-corrected chi connectivity index (χ0v) is 52.2. The molecule has 94 heavy (non-hydrogen) atoms. The summed E-state index contributed by atoms with van der Waals surface area (Å²) in [5, 5.41) is 18.7. The van der Waals surface area contributed by atoms with Crippen molar-refractivity contribution in [3.8, 4) is 33.4 Å². The number of hydrogen-bond acceptors (Lipinski definition) is 6. The van der Waals surface area contributed by atoms with Crippen molar-refractivity contribution in [2.45, 2.75) is 0 Å². The second-order valence-corrected chi connectivity index (χ2v) is 26.6. The number of furan rings is 2. The predicted molar refractivity (Wildman–Crippen MR) is 402 cm³/mol. The van der Waals surface area contributed by atoms with Crippen LogP contribution in [0.15, 0.2) is 324 Å². The molecule has 16 aromatic carbocycles. The summed E-state index contributed by atoms with van der Waals surface area (Å²) >= 11 is 3.69. The molecule has 0 aliphatic heterocycles. The van der Waals surface area contributed by atoms with Crippen LogP contribution < -0.4 is 9.80 Å². The lowest BCUT2D eigenvalue weighted by molar-refractivity contribution is 0.668. The van der Waals surface area contributed by atoms with Crippen molar-refractivity contribution in [1.82, 2.24) is 0 Å². The minimum Gasteiger partial charge on any atom is -0.456 e. The molecule has 0 fully saturated rings. The van der Waals surface area contributed by atoms with Crippen LogP contribution in [-0.2, 0) is 0 Å². The van der Waals surface area contributed by atoms with E-state index in [2.05, 4.69) is 325 Å². The summed E-state index contributed by atoms with van der Waals surface area (Å²) in [7, 11) is 0. The SMILES string of the molecule is c1ccc(-c2c(N(c3ccc4c(c3)oc3ccc(-c5cccc(-c6c(N(c7cccc8c7oc7ccccc78)c7cccc8c7sc7ccccc78)c7ccccc7c7ccccc67)c5)cc34)c3cccc4sc5ccccc5c34)c3ccccc3c3ccccc23)cc1. The first kappa shape index (κ1) is 52.9. The van der Waals surface area contributed by atoms with Gasteiger partial charge in [0, 0.05) is 90.8 Å². The summed E-state index contributed by atoms with van der Waals surface area (Å²) in [5.41, 5.74) is 16.5. The van der Waals surface area contributed by atoms with E-state index in [1.165, 1.54) is 78.2 Å². The number of thiophene rings is 2. The van der Waals surface area contributed by atoms with Gasteiger partial charge in [-0.25, -0.2) is 0 Å². The van der Waals surface area contributed by atoms with Crippen molar-refractivity contribution in [3.63, 3.8) is 0 Å². The molecular formula is C88H52N2O2S2. The standard InChI is InChI=1S/C88H52N2O2S2/c1-2-22-53(23-3-1)82-65-32-8-4-26-58(65)60-28-6-10-34-67(60)85(82)89(73-39-21-45-81-84(73)71-36-14-17-44-80(71)93-81)57-47-48-63-72-51-55(46-49-77(72)91-78(63)52-57)54-24-18-25-56(50-54)83-66-33-9-5-27-59(66)61-29-7-11-35-68(61)86(83)90(74-40-19-37-69-62-30-12-15-42-76(62)92-87(69)74)75-41-20-38-70-64-31-13-16-43-79(64)94-88(70)75/h1-52H. The third-order valence-electron chi connectivity index (χ3n) is 19.4. The van der Waals surface area contributed by atoms with Crippen LogP contribution in [0.1, 0.15) is 0 Å². The second kappa shape index (κ2) is 20.9. The molecule has 20 aromatic rings. The number of anilines is 6. The molecule has 0 aliphatic rings. The van der Waals surface area contributed by atoms with Gasteiger partial charge in [0.25, 0.3) is 0 Å². The molecule has 4 heterocycles. The van der Waals surface area contributed by atoms with Crippen LogP contribution in [0, 0.1) is 0 Å². The van der Waals surface area contributed by atoms with Gasteiger partial charge in [-0.2, -0.15) is 0 Å². The van der Waals surface area contributed by atoms with Gasteiger partial charge < -0.3 is 18.6 Å². The third-order valence-corrected chi connectivity index (χ3v) is 21.7. The maximum absolute atomic E-state index is 7.09. The summed E-state index contributed by atoms with van der Waals surface area (Å²) in [6.45, 7) is 0. The molecule has 0 bridgehead atoms. The van der Waals surface area contributed by atoms with E-state index in [-0.39, 0.29) is 0 Å². The van der Waals surface area contributed by atoms with Crippen LogP contribution >= 0.6 is 22.7 Å². The summed E-state index contributed by atoms with van der Waals surface area (Å²) in [5.74, 6) is 0. The Morgan fingerprint density at radius 2 is 0.723 bits per heavy atom. The molecule has 0 unspecified atom stereocenters. The zero-order chi connectivity index (χ0) is 61.5. The summed E-state index contributed by atoms with van der Waals surface area (Å²) in [6.07, 6.45) is 0. The van der Waals surface area contributed by atoms with Crippen molar-refractivity contribution in [1.29, 1.82) is 0 Å². The van der Waals surface area contributed by atoms with E-state index in [0.29, 0.717) is 0 Å². The lowest BCUT2D eigenvalue weighted by Gasteiger charge is -2.31. The second-order valence-electron chi connectivity index (χ2n) is 24.5. The van der Waals surface area contributed by atoms with Crippen LogP contribution in [0.3, 0.4) is 0 Å². The van der Waals surface area contributed by atoms with Crippen LogP contribution in [0.25, 0.3) is 161 Å². The fraction of sp³-hybridized carbons (Fsp3) is 0. The van der Waals surface area contributed by atoms with E-state index >= 15 is 0 Å². The fourth-order valence-electron chi connectivity index (χ4n) is 15.4. The van der Waals surface area contributed by atoms with Crippen molar-refractivity contribution in [2.24, 2.45) is 0 Å². The Kier molecular flexibility index (Phi) is 11.7. The van der Waals surface area contributed by atoms with Gasteiger partial charge in [-0.05, 0) is 127 Å². The molecule has 0 spiro atoms. The van der Waals surface area contributed by atoms with Crippen LogP contribution in [0.2, 0.25) is 0 Å². The summed E-state index contributed by atoms with van der Waals surface area (Å²) in [6, 6.07) is 116. The van der Waals surface area contributed by atoms with Gasteiger partial charge in [0.1, 0.15) is 16.7 Å². The number of para-hydroxylation sites is 2. The number of benzene rings is 16. The lowest BCUT2D eigenvalue weighted by Crippen LogP contribution is -2.13. The average Bonchev–Trinajstić information content (AvgIpc) is 0.977. The Morgan fingerprint density at radius 3 is 1.47 bits per heavy atom. The molecule has 0 aliphatic carbocycles. The van der Waals surface area contributed by atoms with Crippen LogP contribution in [-0.4, -0.2) is 0 Å². The van der Waals surface area contributed by atoms with E-state index in [1.54, 1.807) is 0 Å². The largest absolute Gasteiger partial charge is 0.456 e. The molecule has 0 radical (unpaired) electrons. The Balaban J connectivity index is 0.795. The quantitative estimate of drug-likeness (QED) is 0.135. The fourth-order valence-corrected chi connectivity index (χ4v) is 17.7. The molecule has 0 saturated heterocycles. The van der Waals surface area contributed by atoms with E-state index in [1.807, 2.05) is 22.7 Å². The van der Waals surface area contributed by atoms with Crippen molar-refractivity contribution in [3.05, 3.63) is 315 Å². The molecule has 438 valence electrons. The molecule has 0 amide bonds. The minimum atomic E-state index is 0.817. The maximum atomic E-state index is 7.09. The molecular weight excluding hydrogens is 1180 g/mol. The van der Waals surface area contributed by atoms with Gasteiger partial charge in [-0.3, -0.25) is 0 Å². The molecule has 20 rings (SSSR count). The molecule has 4 nitrogen and oxygen atoms in total. The first-order valence-electron chi connectivity index (χ1n) is 32.0. The molecule has 6 heteroatoms. The lowest BCUT2D eigenvalue weighted by atomic mass is 9.88. The highest BCUT2D eigenvalue weighted by Crippen LogP contribution is 2.56. The third kappa shape index (κ3) is 7.97. The van der Waals surface area contributed by atoms with Crippen LogP contribution in [0.5, 0.6) is 0 Å². The number of hydrogen-bond donors (Lipinski definition) is 0. The number of rotatable bonds is 9. The summed E-state index contributed by atoms with van der Waals surface area (Å²) in [4.78, 5) is 5.04. The molecule has 0 saturated carbocycles. The van der Waals surface area contributed by atoms with Gasteiger partial charge in [0.05, 0.1) is 33.1 Å². The van der Waals surface area contributed by atoms with Gasteiger partial charge in [0.15, 0.2) is 5.58 Å². The van der Waals surface area contributed by atoms with Crippen molar-refractivity contribution in [2.75, 3.05) is 9.80 Å². The minimum absolute atomic E-state index is 0.817. The zero-order valence-electron chi connectivity index (χ0n) is 50.5. The van der Waals surface area contributed by atoms with Crippen LogP contribution in [0.4, 0.5) is 34.1 Å². The number of fused-ring (bicyclic) bond motifs is 18. The van der Waals surface area contributed by atoms with Gasteiger partial charge in [-0.1, -0.05) is 237 Å². The Hall–Kier alpha value is -11.8. The smallest absolute Gasteiger partial charge is 0.159 e. The van der Waals surface area contributed by atoms with Gasteiger partial charge in [-0.15, -0.1) is 22.7 Å². The molecule has 4 aromatic heterocycles. The highest BCUT2D eigenvalue weighted by atomic mass is 32.1. The highest BCUT2D eigenvalue weighted by molar-refractivity contribution is 7.26. The predicted octanol–water partition coefficient (Wildman–Crippen LogP) is 26.8. The molecule has 0 N–H and O–H groups in total. The maximum Gasteiger partial charge on any atom is 0.159 e. The normalized spacial score (nSPS) is 12.0.